The van der Waals surface area contributed by atoms with E-state index in [0.29, 0.717) is 6.42 Å². The first kappa shape index (κ1) is 24.7. The van der Waals surface area contributed by atoms with Crippen LogP contribution in [-0.2, 0) is 19.1 Å². The highest BCUT2D eigenvalue weighted by Gasteiger charge is 2.32. The largest absolute Gasteiger partial charge is 0.481 e. The molecule has 35 heavy (non-hydrogen) atoms. The number of fused-ring (bicyclic) bond motifs is 3. The topological polar surface area (TPSA) is 114 Å². The average molecular weight is 481 g/mol. The standard InChI is InChI=1S/C27H32N2O6/c1-34-24(25(30)28-14-17-8-2-3-9-18(17)26(31)32)15-29-27(33)35-16-23-21-12-6-4-10-19(21)20-11-5-7-13-22(20)23/h4-7,10-13,17-18,23-24H,2-3,8-9,14-16H2,1H3,(H,28,30)(H,29,33)(H,31,32)/t17-,18-,24?/m1/s1. The second-order valence-corrected chi connectivity index (χ2v) is 9.17. The molecule has 2 aliphatic carbocycles. The monoisotopic (exact) mass is 480 g/mol. The van der Waals surface area contributed by atoms with E-state index in [1.165, 1.54) is 7.11 Å². The number of benzene rings is 2. The van der Waals surface area contributed by atoms with E-state index >= 15 is 0 Å². The Morgan fingerprint density at radius 2 is 1.60 bits per heavy atom. The van der Waals surface area contributed by atoms with Gasteiger partial charge in [0.15, 0.2) is 6.10 Å². The summed E-state index contributed by atoms with van der Waals surface area (Å²) in [5.74, 6) is -1.79. The third-order valence-electron chi connectivity index (χ3n) is 7.12. The molecular weight excluding hydrogens is 448 g/mol. The first-order valence-electron chi connectivity index (χ1n) is 12.1. The molecule has 1 unspecified atom stereocenters. The Balaban J connectivity index is 1.26. The van der Waals surface area contributed by atoms with Gasteiger partial charge in [-0.2, -0.15) is 0 Å². The second-order valence-electron chi connectivity index (χ2n) is 9.17. The Hall–Kier alpha value is -3.39. The normalized spacial score (nSPS) is 19.8. The molecule has 0 aliphatic heterocycles. The zero-order valence-corrected chi connectivity index (χ0v) is 19.9. The van der Waals surface area contributed by atoms with Crippen LogP contribution >= 0.6 is 0 Å². The number of ether oxygens (including phenoxy) is 2. The molecule has 0 spiro atoms. The maximum absolute atomic E-state index is 12.6. The van der Waals surface area contributed by atoms with Gasteiger partial charge in [0.25, 0.3) is 5.91 Å². The lowest BCUT2D eigenvalue weighted by Crippen LogP contribution is -2.46. The molecule has 1 saturated carbocycles. The molecule has 2 aromatic carbocycles. The Bertz CT molecular complexity index is 1030. The fraction of sp³-hybridized carbons (Fsp3) is 0.444. The number of carboxylic acid groups (broad SMARTS) is 1. The number of hydrogen-bond donors (Lipinski definition) is 3. The van der Waals surface area contributed by atoms with Gasteiger partial charge < -0.3 is 25.2 Å². The molecule has 8 nitrogen and oxygen atoms in total. The van der Waals surface area contributed by atoms with Gasteiger partial charge in [-0.05, 0) is 41.0 Å². The van der Waals surface area contributed by atoms with E-state index in [4.69, 9.17) is 9.47 Å². The maximum atomic E-state index is 12.6. The van der Waals surface area contributed by atoms with E-state index in [1.54, 1.807) is 0 Å². The molecule has 3 atom stereocenters. The van der Waals surface area contributed by atoms with E-state index in [-0.39, 0.29) is 37.4 Å². The molecule has 0 saturated heterocycles. The smallest absolute Gasteiger partial charge is 0.407 e. The van der Waals surface area contributed by atoms with Crippen molar-refractivity contribution < 1.29 is 29.0 Å². The molecule has 4 rings (SSSR count). The van der Waals surface area contributed by atoms with E-state index in [2.05, 4.69) is 22.8 Å². The quantitative estimate of drug-likeness (QED) is 0.506. The lowest BCUT2D eigenvalue weighted by molar-refractivity contribution is -0.145. The third kappa shape index (κ3) is 5.65. The molecule has 2 amide bonds. The van der Waals surface area contributed by atoms with E-state index in [0.717, 1.165) is 41.5 Å². The number of methoxy groups -OCH3 is 1. The summed E-state index contributed by atoms with van der Waals surface area (Å²) in [5, 5.41) is 14.8. The number of carbonyl (C=O) groups is 3. The van der Waals surface area contributed by atoms with Gasteiger partial charge in [-0.25, -0.2) is 4.79 Å². The van der Waals surface area contributed by atoms with Gasteiger partial charge in [-0.1, -0.05) is 61.4 Å². The Morgan fingerprint density at radius 3 is 2.23 bits per heavy atom. The molecule has 2 aromatic rings. The van der Waals surface area contributed by atoms with Crippen molar-refractivity contribution in [2.75, 3.05) is 26.8 Å². The van der Waals surface area contributed by atoms with Crippen molar-refractivity contribution in [1.29, 1.82) is 0 Å². The molecule has 0 radical (unpaired) electrons. The number of alkyl carbamates (subject to hydrolysis) is 1. The molecule has 3 N–H and O–H groups in total. The van der Waals surface area contributed by atoms with Crippen molar-refractivity contribution in [3.05, 3.63) is 59.7 Å². The number of carbonyl (C=O) groups excluding carboxylic acids is 2. The van der Waals surface area contributed by atoms with Crippen molar-refractivity contribution in [1.82, 2.24) is 10.6 Å². The van der Waals surface area contributed by atoms with Gasteiger partial charge in [-0.15, -0.1) is 0 Å². The summed E-state index contributed by atoms with van der Waals surface area (Å²) in [4.78, 5) is 36.4. The van der Waals surface area contributed by atoms with Crippen molar-refractivity contribution in [3.8, 4) is 11.1 Å². The summed E-state index contributed by atoms with van der Waals surface area (Å²) in [7, 11) is 1.39. The van der Waals surface area contributed by atoms with Gasteiger partial charge in [0.05, 0.1) is 12.5 Å². The fourth-order valence-electron chi connectivity index (χ4n) is 5.23. The third-order valence-corrected chi connectivity index (χ3v) is 7.12. The predicted octanol–water partition coefficient (Wildman–Crippen LogP) is 3.55. The minimum Gasteiger partial charge on any atom is -0.481 e. The summed E-state index contributed by atoms with van der Waals surface area (Å²) in [6.45, 7) is 0.411. The Kier molecular flexibility index (Phi) is 8.02. The van der Waals surface area contributed by atoms with Crippen LogP contribution in [0, 0.1) is 11.8 Å². The number of amides is 2. The van der Waals surface area contributed by atoms with Crippen LogP contribution in [0.5, 0.6) is 0 Å². The van der Waals surface area contributed by atoms with Crippen molar-refractivity contribution in [3.63, 3.8) is 0 Å². The molecule has 1 fully saturated rings. The predicted molar refractivity (Wildman–Crippen MR) is 130 cm³/mol. The number of aliphatic carboxylic acids is 1. The molecular formula is C27H32N2O6. The first-order valence-corrected chi connectivity index (χ1v) is 12.1. The molecule has 0 heterocycles. The lowest BCUT2D eigenvalue weighted by atomic mass is 9.79. The lowest BCUT2D eigenvalue weighted by Gasteiger charge is -2.29. The van der Waals surface area contributed by atoms with Crippen LogP contribution in [0.4, 0.5) is 4.79 Å². The van der Waals surface area contributed by atoms with Gasteiger partial charge in [-0.3, -0.25) is 9.59 Å². The zero-order valence-electron chi connectivity index (χ0n) is 19.9. The minimum atomic E-state index is -0.901. The Labute approximate surface area is 205 Å². The zero-order chi connectivity index (χ0) is 24.8. The number of rotatable bonds is 9. The highest BCUT2D eigenvalue weighted by molar-refractivity contribution is 5.82. The molecule has 0 bridgehead atoms. The van der Waals surface area contributed by atoms with Crippen molar-refractivity contribution >= 4 is 18.0 Å². The summed E-state index contributed by atoms with van der Waals surface area (Å²) in [6.07, 6.45) is 1.73. The number of nitrogens with one attached hydrogen (secondary N) is 2. The number of hydrogen-bond acceptors (Lipinski definition) is 5. The average Bonchev–Trinajstić information content (AvgIpc) is 3.20. The maximum Gasteiger partial charge on any atom is 0.407 e. The van der Waals surface area contributed by atoms with Crippen LogP contribution in [0.1, 0.15) is 42.7 Å². The summed E-state index contributed by atoms with van der Waals surface area (Å²) in [6, 6.07) is 16.2. The Morgan fingerprint density at radius 1 is 0.971 bits per heavy atom. The SMILES string of the molecule is COC(CNC(=O)OCC1c2ccccc2-c2ccccc21)C(=O)NC[C@H]1CCCC[C@H]1C(=O)O. The van der Waals surface area contributed by atoms with Crippen LogP contribution < -0.4 is 10.6 Å². The molecule has 8 heteroatoms. The van der Waals surface area contributed by atoms with Crippen LogP contribution in [0.2, 0.25) is 0 Å². The molecule has 2 aliphatic rings. The van der Waals surface area contributed by atoms with Crippen molar-refractivity contribution in [2.24, 2.45) is 11.8 Å². The van der Waals surface area contributed by atoms with Gasteiger partial charge in [0.1, 0.15) is 6.61 Å². The first-order chi connectivity index (χ1) is 17.0. The molecule has 0 aromatic heterocycles. The van der Waals surface area contributed by atoms with E-state index in [1.807, 2.05) is 36.4 Å². The van der Waals surface area contributed by atoms with E-state index < -0.39 is 24.1 Å². The van der Waals surface area contributed by atoms with Crippen LogP contribution in [0.25, 0.3) is 11.1 Å². The van der Waals surface area contributed by atoms with Gasteiger partial charge in [0.2, 0.25) is 0 Å². The van der Waals surface area contributed by atoms with Gasteiger partial charge in [0, 0.05) is 19.6 Å². The number of carboxylic acids is 1. The minimum absolute atomic E-state index is 0.0488. The summed E-state index contributed by atoms with van der Waals surface area (Å²) < 4.78 is 10.8. The van der Waals surface area contributed by atoms with Crippen LogP contribution in [0.3, 0.4) is 0 Å². The molecule has 186 valence electrons. The highest BCUT2D eigenvalue weighted by Crippen LogP contribution is 2.44. The van der Waals surface area contributed by atoms with E-state index in [9.17, 15) is 19.5 Å². The highest BCUT2D eigenvalue weighted by atomic mass is 16.5. The summed E-state index contributed by atoms with van der Waals surface area (Å²) >= 11 is 0. The van der Waals surface area contributed by atoms with Crippen LogP contribution in [-0.4, -0.2) is 56.0 Å². The van der Waals surface area contributed by atoms with Crippen LogP contribution in [0.15, 0.2) is 48.5 Å². The second kappa shape index (κ2) is 11.4. The van der Waals surface area contributed by atoms with Gasteiger partial charge >= 0.3 is 12.1 Å². The fourth-order valence-corrected chi connectivity index (χ4v) is 5.23. The summed E-state index contributed by atoms with van der Waals surface area (Å²) in [5.41, 5.74) is 4.55. The van der Waals surface area contributed by atoms with Crippen molar-refractivity contribution in [2.45, 2.75) is 37.7 Å².